The van der Waals surface area contributed by atoms with E-state index in [1.54, 1.807) is 126 Å². The number of hydrogen-bond donors (Lipinski definition) is 4. The van der Waals surface area contributed by atoms with E-state index in [1.165, 1.54) is 79.5 Å². The van der Waals surface area contributed by atoms with Crippen molar-refractivity contribution in [3.63, 3.8) is 0 Å². The summed E-state index contributed by atoms with van der Waals surface area (Å²) in [7, 11) is 6.26. The van der Waals surface area contributed by atoms with Crippen molar-refractivity contribution in [2.75, 3.05) is 70.3 Å². The van der Waals surface area contributed by atoms with Gasteiger partial charge in [0.05, 0.1) is 94.6 Å². The van der Waals surface area contributed by atoms with Gasteiger partial charge in [0.1, 0.15) is 94.6 Å². The topological polar surface area (TPSA) is 404 Å². The van der Waals surface area contributed by atoms with Gasteiger partial charge >= 0.3 is 0 Å². The van der Waals surface area contributed by atoms with E-state index in [9.17, 15) is 30.3 Å². The molecule has 0 amide bonds. The molecule has 31 heteroatoms. The zero-order valence-electron chi connectivity index (χ0n) is 67.1. The zero-order valence-corrected chi connectivity index (χ0v) is 67.1. The molecular weight excluding hydrogens is 1540 g/mol. The molecule has 0 saturated carbocycles. The smallest absolute Gasteiger partial charge is 0.188 e. The van der Waals surface area contributed by atoms with Crippen molar-refractivity contribution in [1.29, 1.82) is 15.8 Å². The summed E-state index contributed by atoms with van der Waals surface area (Å²) in [6.45, 7) is 10.9. The van der Waals surface area contributed by atoms with Gasteiger partial charge in [-0.1, -0.05) is 25.1 Å². The number of carbonyl (C=O) groups is 2. The van der Waals surface area contributed by atoms with Crippen LogP contribution in [0.3, 0.4) is 0 Å². The normalized spacial score (nSPS) is 11.5. The number of phenols is 1. The molecule has 616 valence electrons. The van der Waals surface area contributed by atoms with Gasteiger partial charge in [0.2, 0.25) is 0 Å². The van der Waals surface area contributed by atoms with E-state index in [-0.39, 0.29) is 62.6 Å². The zero-order chi connectivity index (χ0) is 85.4. The molecule has 120 heavy (non-hydrogen) atoms. The Kier molecular flexibility index (Phi) is 35.1. The highest BCUT2D eigenvalue weighted by Gasteiger charge is 2.25. The molecule has 9 aromatic heterocycles. The van der Waals surface area contributed by atoms with Crippen molar-refractivity contribution < 1.29 is 77.4 Å². The lowest BCUT2D eigenvalue weighted by atomic mass is 10.1. The van der Waals surface area contributed by atoms with E-state index in [2.05, 4.69) is 103 Å². The Morgan fingerprint density at radius 2 is 0.675 bits per heavy atom. The number of aryl methyl sites for hydroxylation is 1. The molecule has 0 fully saturated rings. The van der Waals surface area contributed by atoms with Crippen molar-refractivity contribution in [2.45, 2.75) is 86.3 Å². The van der Waals surface area contributed by atoms with E-state index < -0.39 is 0 Å². The minimum atomic E-state index is -0.0972. The predicted octanol–water partition coefficient (Wildman–Crippen LogP) is 13.2. The highest BCUT2D eigenvalue weighted by Crippen LogP contribution is 2.36. The third kappa shape index (κ3) is 27.7. The van der Waals surface area contributed by atoms with Gasteiger partial charge in [0, 0.05) is 124 Å². The van der Waals surface area contributed by atoms with Crippen LogP contribution < -0.4 is 43.1 Å². The van der Waals surface area contributed by atoms with E-state index in [4.69, 9.17) is 62.8 Å². The number of pyridine rings is 9. The third-order valence-corrected chi connectivity index (χ3v) is 17.6. The van der Waals surface area contributed by atoms with Gasteiger partial charge in [0.15, 0.2) is 38.7 Å². The molecule has 0 unspecified atom stereocenters. The molecule has 3 aliphatic heterocycles. The van der Waals surface area contributed by atoms with Gasteiger partial charge in [-0.3, -0.25) is 44.5 Å². The standard InChI is InChI=1S/C22H20N4O3.C20H16N4O2.C14H11N3O.C9H11NO3.C9H13NO2.C8H11NO3.C7H7NO2/c1-27-15-29-21-5-3-19(25-11-21)14-28-20-4-2-16-12-26(13-17(16)8-20)22-6-7-24-10-18(22)9-23;21-8-16-9-22-6-5-20(16)24-11-14-1-4-19(7-15(14)12-24)26-13-17-2-3-18(25)10-23-17;15-6-12-7-16-4-3-14(12)17-8-10-1-2-13(18)5-11(10)9-17;1-7(11)9-4-3-8(5-10-9)13-6-12-2;1-3-8-4-5-9(6-10-8)12-7-11-2;1-11-6-12-8-3-2-7(5-10)9-4-8;1-5(9)7-3-2-6(10)4-8-7/h2-8,10-11H,12-15H2,1H3;1-7,9-10,25H,11-13H2;1-5,7,18H,8-9H2;3-5H,6H2,1-2H3;4-6H,3,7H2,1-2H3;2-4,10H,5-6H2,1H3;2-4,10H,1H3. The number of nitriles is 3. The van der Waals surface area contributed by atoms with E-state index in [0.29, 0.717) is 70.8 Å². The molecular formula is C89H89N15O16. The molecule has 12 heterocycles. The van der Waals surface area contributed by atoms with E-state index in [1.807, 2.05) is 66.7 Å². The predicted molar refractivity (Wildman–Crippen MR) is 440 cm³/mol. The number of anilines is 3. The summed E-state index contributed by atoms with van der Waals surface area (Å²) in [5.74, 6) is 4.53. The van der Waals surface area contributed by atoms with Crippen molar-refractivity contribution >= 4 is 28.6 Å². The van der Waals surface area contributed by atoms with E-state index in [0.717, 1.165) is 96.1 Å². The van der Waals surface area contributed by atoms with Crippen molar-refractivity contribution in [1.82, 2.24) is 44.9 Å². The van der Waals surface area contributed by atoms with Crippen LogP contribution in [0, 0.1) is 34.0 Å². The van der Waals surface area contributed by atoms with Crippen LogP contribution in [0.2, 0.25) is 0 Å². The number of fused-ring (bicyclic) bond motifs is 3. The second-order valence-electron chi connectivity index (χ2n) is 26.0. The molecule has 0 spiro atoms. The Morgan fingerprint density at radius 3 is 1.01 bits per heavy atom. The number of carbonyl (C=O) groups excluding carboxylic acids is 2. The number of aromatic nitrogens is 9. The van der Waals surface area contributed by atoms with Gasteiger partial charge in [-0.05, 0) is 167 Å². The Hall–Kier alpha value is -14.8. The number of ketones is 2. The lowest BCUT2D eigenvalue weighted by Crippen LogP contribution is -2.15. The van der Waals surface area contributed by atoms with Gasteiger partial charge in [0.25, 0.3) is 0 Å². The highest BCUT2D eigenvalue weighted by molar-refractivity contribution is 5.92. The van der Waals surface area contributed by atoms with Crippen LogP contribution in [-0.2, 0) is 84.5 Å². The SMILES string of the molecule is CC(=O)c1ccc(O)cn1.CCc1ccc(OCOC)cn1.COCOc1ccc(C(C)=O)nc1.COCOc1ccc(CO)nc1.COCOc1ccc(COc2ccc3c(c2)CN(c2ccncc2C#N)C3)nc1.N#Cc1cnccc1N1Cc2ccc(O)cc2C1.N#Cc1cnccc1N1Cc2ccc(OCc3ccc(O)cn3)cc2C1. The Morgan fingerprint density at radius 1 is 0.358 bits per heavy atom. The molecule has 0 radical (unpaired) electrons. The first-order chi connectivity index (χ1) is 58.4. The Balaban J connectivity index is 0.000000165. The quantitative estimate of drug-likeness (QED) is 0.0305. The maximum atomic E-state index is 10.8. The lowest BCUT2D eigenvalue weighted by molar-refractivity contribution is 0.0506. The average molecular weight is 1620 g/mol. The molecule has 31 nitrogen and oxygen atoms in total. The number of hydrogen-bond acceptors (Lipinski definition) is 31. The number of benzene rings is 3. The van der Waals surface area contributed by atoms with Crippen LogP contribution >= 0.6 is 0 Å². The molecule has 0 bridgehead atoms. The monoisotopic (exact) mass is 1620 g/mol. The molecule has 12 aromatic rings. The fourth-order valence-electron chi connectivity index (χ4n) is 11.5. The largest absolute Gasteiger partial charge is 0.508 e. The Bertz CT molecular complexity index is 5320. The van der Waals surface area contributed by atoms with Gasteiger partial charge in [-0.15, -0.1) is 0 Å². The van der Waals surface area contributed by atoms with Crippen molar-refractivity contribution in [3.8, 4) is 70.0 Å². The second-order valence-corrected chi connectivity index (χ2v) is 26.0. The van der Waals surface area contributed by atoms with Crippen LogP contribution in [0.1, 0.15) is 115 Å². The molecule has 0 aliphatic carbocycles. The number of Topliss-reactive ketones (excluding diaryl/α,β-unsaturated/α-hetero) is 2. The highest BCUT2D eigenvalue weighted by atomic mass is 16.7. The minimum Gasteiger partial charge on any atom is -0.508 e. The third-order valence-electron chi connectivity index (χ3n) is 17.6. The summed E-state index contributed by atoms with van der Waals surface area (Å²) in [5, 5.41) is 63.9. The lowest BCUT2D eigenvalue weighted by Gasteiger charge is -2.18. The summed E-state index contributed by atoms with van der Waals surface area (Å²) in [6, 6.07) is 50.2. The summed E-state index contributed by atoms with van der Waals surface area (Å²) < 4.78 is 51.4. The maximum absolute atomic E-state index is 10.8. The van der Waals surface area contributed by atoms with Gasteiger partial charge in [-0.2, -0.15) is 15.8 Å². The summed E-state index contributed by atoms with van der Waals surface area (Å²) in [6.07, 6.45) is 19.9. The van der Waals surface area contributed by atoms with Gasteiger partial charge < -0.3 is 82.5 Å². The molecule has 4 N–H and O–H groups in total. The summed E-state index contributed by atoms with van der Waals surface area (Å²) in [4.78, 5) is 64.0. The average Bonchev–Trinajstić information content (AvgIpc) is 1.32. The first-order valence-electron chi connectivity index (χ1n) is 37.2. The number of aliphatic hydroxyl groups excluding tert-OH is 1. The fraction of sp³-hybridized carbons (Fsp3) is 0.236. The van der Waals surface area contributed by atoms with Crippen LogP contribution in [0.15, 0.2) is 220 Å². The second kappa shape index (κ2) is 47.3. The van der Waals surface area contributed by atoms with Crippen LogP contribution in [0.4, 0.5) is 17.1 Å². The Labute approximate surface area is 694 Å². The molecule has 3 aliphatic rings. The van der Waals surface area contributed by atoms with Crippen molar-refractivity contribution in [2.24, 2.45) is 0 Å². The van der Waals surface area contributed by atoms with E-state index >= 15 is 0 Å². The van der Waals surface area contributed by atoms with Crippen LogP contribution in [0.25, 0.3) is 0 Å². The van der Waals surface area contributed by atoms with Crippen molar-refractivity contribution in [3.05, 3.63) is 304 Å². The number of rotatable bonds is 25. The number of phenolic OH excluding ortho intramolecular Hbond substituents is 1. The van der Waals surface area contributed by atoms with Crippen LogP contribution in [-0.4, -0.2) is 132 Å². The number of methoxy groups -OCH3 is 4. The number of ether oxygens (including phenoxy) is 10. The number of aromatic hydroxyl groups is 3. The van der Waals surface area contributed by atoms with Crippen LogP contribution in [0.5, 0.6) is 51.7 Å². The molecule has 0 atom stereocenters. The maximum Gasteiger partial charge on any atom is 0.188 e. The first-order valence-corrected chi connectivity index (χ1v) is 37.2. The summed E-state index contributed by atoms with van der Waals surface area (Å²) in [5.41, 5.74) is 15.6. The molecule has 0 saturated heterocycles. The number of nitrogens with zero attached hydrogens (tertiary/aromatic N) is 15. The minimum absolute atomic E-state index is 0.0510. The van der Waals surface area contributed by atoms with Gasteiger partial charge in [-0.25, -0.2) is 9.97 Å². The number of aliphatic hydroxyl groups is 1. The molecule has 15 rings (SSSR count). The fourth-order valence-corrected chi connectivity index (χ4v) is 11.5. The first kappa shape index (κ1) is 89.2. The molecule has 3 aromatic carbocycles. The summed E-state index contributed by atoms with van der Waals surface area (Å²) >= 11 is 0.